The third-order valence-corrected chi connectivity index (χ3v) is 5.20. The van der Waals surface area contributed by atoms with Gasteiger partial charge in [-0.25, -0.2) is 9.18 Å². The summed E-state index contributed by atoms with van der Waals surface area (Å²) in [6, 6.07) is 6.44. The van der Waals surface area contributed by atoms with Gasteiger partial charge >= 0.3 is 6.09 Å². The molecule has 2 fully saturated rings. The maximum Gasteiger partial charge on any atom is 0.411 e. The van der Waals surface area contributed by atoms with Crippen LogP contribution in [0.15, 0.2) is 24.3 Å². The van der Waals surface area contributed by atoms with E-state index in [1.807, 2.05) is 0 Å². The quantitative estimate of drug-likeness (QED) is 0.749. The zero-order valence-electron chi connectivity index (χ0n) is 15.0. The van der Waals surface area contributed by atoms with Crippen molar-refractivity contribution in [2.24, 2.45) is 11.7 Å². The second kappa shape index (κ2) is 7.10. The van der Waals surface area contributed by atoms with Crippen LogP contribution in [0.2, 0.25) is 0 Å². The van der Waals surface area contributed by atoms with Crippen LogP contribution in [-0.2, 0) is 16.1 Å². The predicted octanol–water partition coefficient (Wildman–Crippen LogP) is 0.569. The summed E-state index contributed by atoms with van der Waals surface area (Å²) in [7, 11) is 0. The molecule has 1 saturated heterocycles. The minimum Gasteiger partial charge on any atom is -0.389 e. The van der Waals surface area contributed by atoms with Crippen molar-refractivity contribution in [3.05, 3.63) is 24.3 Å². The summed E-state index contributed by atoms with van der Waals surface area (Å²) in [6.07, 6.45) is 0.463. The van der Waals surface area contributed by atoms with E-state index in [2.05, 4.69) is 10.4 Å². The number of nitrogens with zero attached hydrogens (tertiary/aromatic N) is 3. The Morgan fingerprint density at radius 3 is 2.82 bits per heavy atom. The number of likely N-dealkylation sites (tertiary alicyclic amines) is 1. The Morgan fingerprint density at radius 1 is 1.29 bits per heavy atom. The van der Waals surface area contributed by atoms with Gasteiger partial charge in [-0.3, -0.25) is 14.3 Å². The van der Waals surface area contributed by atoms with E-state index < -0.39 is 18.8 Å². The van der Waals surface area contributed by atoms with Crippen molar-refractivity contribution in [1.82, 2.24) is 20.0 Å². The van der Waals surface area contributed by atoms with Gasteiger partial charge in [-0.2, -0.15) is 0 Å². The van der Waals surface area contributed by atoms with Gasteiger partial charge in [-0.05, 0) is 30.9 Å². The molecule has 1 aliphatic heterocycles. The van der Waals surface area contributed by atoms with E-state index in [0.29, 0.717) is 23.2 Å². The summed E-state index contributed by atoms with van der Waals surface area (Å²) >= 11 is 0. The molecule has 9 nitrogen and oxygen atoms in total. The molecule has 2 heterocycles. The minimum absolute atomic E-state index is 0.0267. The van der Waals surface area contributed by atoms with Crippen LogP contribution in [0.25, 0.3) is 10.9 Å². The van der Waals surface area contributed by atoms with Crippen LogP contribution >= 0.6 is 0 Å². The van der Waals surface area contributed by atoms with Gasteiger partial charge in [0.15, 0.2) is 0 Å². The number of fused-ring (bicyclic) bond motifs is 2. The Labute approximate surface area is 159 Å². The molecular weight excluding hydrogens is 369 g/mol. The number of rotatable bonds is 6. The van der Waals surface area contributed by atoms with Crippen molar-refractivity contribution in [3.63, 3.8) is 0 Å². The molecule has 10 heteroatoms. The number of benzene rings is 1. The molecule has 1 saturated carbocycles. The van der Waals surface area contributed by atoms with Crippen LogP contribution in [-0.4, -0.2) is 57.9 Å². The fraction of sp³-hybridized carbons (Fsp3) is 0.444. The number of hydrogen-bond acceptors (Lipinski definition) is 5. The Balaban J connectivity index is 1.56. The SMILES string of the molecule is NC(=O)Oc1nn(CC(=O)N2[C@@H]3C[C@@H]3C[C@H]2C(=O)NCCF)c2ccccc12. The molecule has 1 aromatic carbocycles. The second-order valence-corrected chi connectivity index (χ2v) is 7.00. The van der Waals surface area contributed by atoms with E-state index in [9.17, 15) is 18.8 Å². The number of hydrogen-bond donors (Lipinski definition) is 2. The highest BCUT2D eigenvalue weighted by atomic mass is 19.1. The highest BCUT2D eigenvalue weighted by Gasteiger charge is 2.55. The summed E-state index contributed by atoms with van der Waals surface area (Å²) in [5.74, 6) is -0.252. The Hall–Kier alpha value is -3.17. The topological polar surface area (TPSA) is 120 Å². The van der Waals surface area contributed by atoms with Crippen molar-refractivity contribution in [1.29, 1.82) is 0 Å². The predicted molar refractivity (Wildman–Crippen MR) is 96.1 cm³/mol. The lowest BCUT2D eigenvalue weighted by Crippen LogP contribution is -2.49. The van der Waals surface area contributed by atoms with Crippen LogP contribution in [0.5, 0.6) is 5.88 Å². The van der Waals surface area contributed by atoms with Gasteiger partial charge in [0.2, 0.25) is 11.8 Å². The number of piperidine rings is 1. The first kappa shape index (κ1) is 18.2. The van der Waals surface area contributed by atoms with Crippen LogP contribution in [0.4, 0.5) is 9.18 Å². The summed E-state index contributed by atoms with van der Waals surface area (Å²) < 4.78 is 18.7. The number of alkyl halides is 1. The number of nitrogens with one attached hydrogen (secondary N) is 1. The van der Waals surface area contributed by atoms with Gasteiger partial charge in [-0.1, -0.05) is 12.1 Å². The molecule has 28 heavy (non-hydrogen) atoms. The normalized spacial score (nSPS) is 22.8. The van der Waals surface area contributed by atoms with E-state index in [0.717, 1.165) is 6.42 Å². The third kappa shape index (κ3) is 3.25. The highest BCUT2D eigenvalue weighted by Crippen LogP contribution is 2.48. The maximum atomic E-state index is 13.0. The molecule has 1 aromatic heterocycles. The standard InChI is InChI=1S/C18H20FN5O4/c19-5-6-21-16(26)14-8-10-7-13(10)24(14)15(25)9-23-12-4-2-1-3-11(12)17(22-23)28-18(20)27/h1-4,10,13-14H,5-9H2,(H2,20,27)(H,21,26)/t10-,13-,14+/m1/s1. The molecule has 1 aliphatic carbocycles. The zero-order valence-corrected chi connectivity index (χ0v) is 15.0. The van der Waals surface area contributed by atoms with Crippen LogP contribution < -0.4 is 15.8 Å². The number of amides is 3. The van der Waals surface area contributed by atoms with E-state index in [1.165, 1.54) is 4.68 Å². The summed E-state index contributed by atoms with van der Waals surface area (Å²) in [6.45, 7) is -0.829. The number of ether oxygens (including phenoxy) is 1. The van der Waals surface area contributed by atoms with E-state index in [4.69, 9.17) is 10.5 Å². The molecule has 2 aliphatic rings. The lowest BCUT2D eigenvalue weighted by atomic mass is 10.1. The van der Waals surface area contributed by atoms with Crippen molar-refractivity contribution < 1.29 is 23.5 Å². The zero-order chi connectivity index (χ0) is 19.8. The van der Waals surface area contributed by atoms with Gasteiger partial charge in [0, 0.05) is 12.6 Å². The Bertz CT molecular complexity index is 945. The first-order valence-electron chi connectivity index (χ1n) is 9.07. The molecule has 3 atom stereocenters. The first-order valence-corrected chi connectivity index (χ1v) is 9.07. The summed E-state index contributed by atoms with van der Waals surface area (Å²) in [4.78, 5) is 38.0. The number of primary amides is 1. The van der Waals surface area contributed by atoms with Gasteiger partial charge in [0.25, 0.3) is 5.88 Å². The molecule has 0 unspecified atom stereocenters. The van der Waals surface area contributed by atoms with E-state index >= 15 is 0 Å². The maximum absolute atomic E-state index is 13.0. The molecule has 0 bridgehead atoms. The molecular formula is C18H20FN5O4. The number of para-hydroxylation sites is 1. The van der Waals surface area contributed by atoms with E-state index in [1.54, 1.807) is 29.2 Å². The van der Waals surface area contributed by atoms with Crippen LogP contribution in [0, 0.1) is 5.92 Å². The Morgan fingerprint density at radius 2 is 2.07 bits per heavy atom. The fourth-order valence-corrected chi connectivity index (χ4v) is 3.94. The van der Waals surface area contributed by atoms with Gasteiger partial charge in [0.05, 0.1) is 10.9 Å². The van der Waals surface area contributed by atoms with Crippen molar-refractivity contribution >= 4 is 28.8 Å². The largest absolute Gasteiger partial charge is 0.411 e. The van der Waals surface area contributed by atoms with Crippen molar-refractivity contribution in [3.8, 4) is 5.88 Å². The van der Waals surface area contributed by atoms with Crippen LogP contribution in [0.1, 0.15) is 12.8 Å². The molecule has 4 rings (SSSR count). The van der Waals surface area contributed by atoms with Gasteiger partial charge in [-0.15, -0.1) is 5.10 Å². The number of carbonyl (C=O) groups excluding carboxylic acids is 3. The average molecular weight is 389 g/mol. The number of carbonyl (C=O) groups is 3. The molecule has 3 amide bonds. The molecule has 2 aromatic rings. The number of halogens is 1. The fourth-order valence-electron chi connectivity index (χ4n) is 3.94. The Kier molecular flexibility index (Phi) is 4.62. The van der Waals surface area contributed by atoms with Gasteiger partial charge < -0.3 is 20.7 Å². The first-order chi connectivity index (χ1) is 13.5. The highest BCUT2D eigenvalue weighted by molar-refractivity contribution is 5.91. The number of aromatic nitrogens is 2. The lowest BCUT2D eigenvalue weighted by molar-refractivity contribution is -0.140. The smallest absolute Gasteiger partial charge is 0.389 e. The van der Waals surface area contributed by atoms with Crippen molar-refractivity contribution in [2.75, 3.05) is 13.2 Å². The second-order valence-electron chi connectivity index (χ2n) is 7.00. The molecule has 0 spiro atoms. The summed E-state index contributed by atoms with van der Waals surface area (Å²) in [5.41, 5.74) is 5.69. The molecule has 3 N–H and O–H groups in total. The number of nitrogens with two attached hydrogens (primary N) is 1. The summed E-state index contributed by atoms with van der Waals surface area (Å²) in [5, 5.41) is 7.27. The average Bonchev–Trinajstić information content (AvgIpc) is 3.20. The lowest BCUT2D eigenvalue weighted by Gasteiger charge is -2.26. The van der Waals surface area contributed by atoms with Crippen LogP contribution in [0.3, 0.4) is 0 Å². The van der Waals surface area contributed by atoms with Crippen molar-refractivity contribution in [2.45, 2.75) is 31.5 Å². The van der Waals surface area contributed by atoms with E-state index in [-0.39, 0.29) is 36.8 Å². The van der Waals surface area contributed by atoms with Gasteiger partial charge in [0.1, 0.15) is 19.3 Å². The molecule has 0 radical (unpaired) electrons. The molecule has 148 valence electrons. The monoisotopic (exact) mass is 389 g/mol. The third-order valence-electron chi connectivity index (χ3n) is 5.20. The minimum atomic E-state index is -0.994.